The van der Waals surface area contributed by atoms with Gasteiger partial charge in [-0.3, -0.25) is 4.79 Å². The Morgan fingerprint density at radius 1 is 1.12 bits per heavy atom. The molecule has 1 aromatic rings. The van der Waals surface area contributed by atoms with Gasteiger partial charge in [-0.15, -0.1) is 0 Å². The molecule has 2 unspecified atom stereocenters. The number of esters is 1. The Hall–Kier alpha value is -1.88. The van der Waals surface area contributed by atoms with Crippen LogP contribution in [0.5, 0.6) is 0 Å². The van der Waals surface area contributed by atoms with Crippen LogP contribution < -0.4 is 10.6 Å². The highest BCUT2D eigenvalue weighted by molar-refractivity contribution is 5.93. The van der Waals surface area contributed by atoms with E-state index in [0.717, 1.165) is 6.42 Å². The van der Waals surface area contributed by atoms with Gasteiger partial charge in [0.15, 0.2) is 0 Å². The largest absolute Gasteiger partial charge is 0.465 e. The van der Waals surface area contributed by atoms with Gasteiger partial charge in [0.05, 0.1) is 19.2 Å². The molecule has 2 N–H and O–H groups in total. The summed E-state index contributed by atoms with van der Waals surface area (Å²) in [6.07, 6.45) is 4.85. The molecule has 0 spiro atoms. The van der Waals surface area contributed by atoms with E-state index in [1.165, 1.54) is 26.4 Å². The van der Waals surface area contributed by atoms with Crippen LogP contribution in [0.4, 0.5) is 5.69 Å². The predicted octanol–water partition coefficient (Wildman–Crippen LogP) is 3.61. The molecule has 25 heavy (non-hydrogen) atoms. The number of methoxy groups -OCH3 is 1. The monoisotopic (exact) mass is 346 g/mol. The van der Waals surface area contributed by atoms with Crippen molar-refractivity contribution in [2.24, 2.45) is 11.3 Å². The van der Waals surface area contributed by atoms with Crippen molar-refractivity contribution in [3.05, 3.63) is 29.8 Å². The van der Waals surface area contributed by atoms with Gasteiger partial charge in [-0.1, -0.05) is 33.6 Å². The summed E-state index contributed by atoms with van der Waals surface area (Å²) in [5, 5.41) is 6.32. The highest BCUT2D eigenvalue weighted by Gasteiger charge is 2.33. The van der Waals surface area contributed by atoms with Crippen molar-refractivity contribution >= 4 is 17.6 Å². The molecule has 1 amide bonds. The van der Waals surface area contributed by atoms with Crippen LogP contribution in [-0.4, -0.2) is 31.6 Å². The van der Waals surface area contributed by atoms with Crippen molar-refractivity contribution in [2.45, 2.75) is 52.5 Å². The lowest BCUT2D eigenvalue weighted by Gasteiger charge is -2.40. The second kappa shape index (κ2) is 8.48. The lowest BCUT2D eigenvalue weighted by molar-refractivity contribution is -0.115. The van der Waals surface area contributed by atoms with Crippen molar-refractivity contribution in [3.8, 4) is 0 Å². The molecule has 0 saturated heterocycles. The first-order valence-electron chi connectivity index (χ1n) is 9.03. The zero-order chi connectivity index (χ0) is 18.4. The molecule has 0 aliphatic heterocycles. The maximum absolute atomic E-state index is 12.2. The summed E-state index contributed by atoms with van der Waals surface area (Å²) in [4.78, 5) is 23.6. The second-order valence-corrected chi connectivity index (χ2v) is 7.86. The summed E-state index contributed by atoms with van der Waals surface area (Å²) < 4.78 is 4.66. The van der Waals surface area contributed by atoms with Gasteiger partial charge in [-0.2, -0.15) is 0 Å². The van der Waals surface area contributed by atoms with Gasteiger partial charge < -0.3 is 15.4 Å². The molecule has 2 rings (SSSR count). The summed E-state index contributed by atoms with van der Waals surface area (Å²) in [5.74, 6) is 0.141. The van der Waals surface area contributed by atoms with Crippen LogP contribution in [0.25, 0.3) is 0 Å². The van der Waals surface area contributed by atoms with Crippen molar-refractivity contribution in [1.29, 1.82) is 0 Å². The Balaban J connectivity index is 1.86. The number of carbonyl (C=O) groups is 2. The minimum Gasteiger partial charge on any atom is -0.465 e. The van der Waals surface area contributed by atoms with E-state index in [4.69, 9.17) is 0 Å². The summed E-state index contributed by atoms with van der Waals surface area (Å²) >= 11 is 0. The Labute approximate surface area is 150 Å². The summed E-state index contributed by atoms with van der Waals surface area (Å²) in [5.41, 5.74) is 1.39. The minimum absolute atomic E-state index is 0.0657. The van der Waals surface area contributed by atoms with Gasteiger partial charge in [0.2, 0.25) is 5.91 Å². The van der Waals surface area contributed by atoms with Gasteiger partial charge in [-0.25, -0.2) is 4.79 Å². The van der Waals surface area contributed by atoms with Crippen molar-refractivity contribution in [2.75, 3.05) is 19.0 Å². The maximum Gasteiger partial charge on any atom is 0.337 e. The topological polar surface area (TPSA) is 67.4 Å². The van der Waals surface area contributed by atoms with Crippen LogP contribution in [0.3, 0.4) is 0 Å². The molecule has 5 nitrogen and oxygen atoms in total. The van der Waals surface area contributed by atoms with E-state index in [1.807, 2.05) is 0 Å². The molecule has 5 heteroatoms. The number of nitrogens with one attached hydrogen (secondary N) is 2. The highest BCUT2D eigenvalue weighted by atomic mass is 16.5. The van der Waals surface area contributed by atoms with Crippen LogP contribution in [0.15, 0.2) is 24.3 Å². The Bertz CT molecular complexity index is 590. The van der Waals surface area contributed by atoms with Gasteiger partial charge in [0.1, 0.15) is 0 Å². The zero-order valence-electron chi connectivity index (χ0n) is 15.7. The average molecular weight is 346 g/mol. The molecule has 1 fully saturated rings. The third-order valence-corrected chi connectivity index (χ3v) is 4.99. The number of hydrogen-bond donors (Lipinski definition) is 2. The van der Waals surface area contributed by atoms with E-state index in [1.54, 1.807) is 24.3 Å². The Kier molecular flexibility index (Phi) is 6.59. The summed E-state index contributed by atoms with van der Waals surface area (Å²) in [6, 6.07) is 7.10. The maximum atomic E-state index is 12.2. The SMILES string of the molecule is COC(=O)c1ccc(NC(=O)CNC2CCCCC2C(C)(C)C)cc1. The van der Waals surface area contributed by atoms with Crippen molar-refractivity contribution in [1.82, 2.24) is 5.32 Å². The number of amides is 1. The fourth-order valence-electron chi connectivity index (χ4n) is 3.65. The molecule has 1 saturated carbocycles. The van der Waals surface area contributed by atoms with Gasteiger partial charge >= 0.3 is 5.97 Å². The van der Waals surface area contributed by atoms with Crippen LogP contribution in [0, 0.1) is 11.3 Å². The molecule has 0 heterocycles. The van der Waals surface area contributed by atoms with Crippen LogP contribution in [-0.2, 0) is 9.53 Å². The van der Waals surface area contributed by atoms with Gasteiger partial charge in [0.25, 0.3) is 0 Å². The van der Waals surface area contributed by atoms with Gasteiger partial charge in [-0.05, 0) is 48.4 Å². The Morgan fingerprint density at radius 2 is 1.76 bits per heavy atom. The quantitative estimate of drug-likeness (QED) is 0.799. The van der Waals surface area contributed by atoms with Crippen LogP contribution in [0.1, 0.15) is 56.8 Å². The first-order valence-corrected chi connectivity index (χ1v) is 9.03. The first kappa shape index (κ1) is 19.4. The van der Waals surface area contributed by atoms with E-state index in [2.05, 4.69) is 36.1 Å². The molecule has 0 bridgehead atoms. The third kappa shape index (κ3) is 5.56. The van der Waals surface area contributed by atoms with E-state index in [0.29, 0.717) is 29.8 Å². The first-order chi connectivity index (χ1) is 11.8. The Morgan fingerprint density at radius 3 is 2.36 bits per heavy atom. The predicted molar refractivity (Wildman–Crippen MR) is 99.6 cm³/mol. The standard InChI is InChI=1S/C20H30N2O3/c1-20(2,3)16-7-5-6-8-17(16)21-13-18(23)22-15-11-9-14(10-12-15)19(24)25-4/h9-12,16-17,21H,5-8,13H2,1-4H3,(H,22,23). The zero-order valence-corrected chi connectivity index (χ0v) is 15.7. The van der Waals surface area contributed by atoms with Crippen LogP contribution >= 0.6 is 0 Å². The van der Waals surface area contributed by atoms with E-state index in [9.17, 15) is 9.59 Å². The fourth-order valence-corrected chi connectivity index (χ4v) is 3.65. The van der Waals surface area contributed by atoms with E-state index in [-0.39, 0.29) is 17.3 Å². The number of ether oxygens (including phenoxy) is 1. The van der Waals surface area contributed by atoms with E-state index >= 15 is 0 Å². The average Bonchev–Trinajstić information content (AvgIpc) is 2.59. The lowest BCUT2D eigenvalue weighted by atomic mass is 9.69. The summed E-state index contributed by atoms with van der Waals surface area (Å²) in [6.45, 7) is 7.14. The van der Waals surface area contributed by atoms with Gasteiger partial charge in [0, 0.05) is 11.7 Å². The minimum atomic E-state index is -0.384. The second-order valence-electron chi connectivity index (χ2n) is 7.86. The number of anilines is 1. The molecule has 0 aromatic heterocycles. The number of hydrogen-bond acceptors (Lipinski definition) is 4. The summed E-state index contributed by atoms with van der Waals surface area (Å²) in [7, 11) is 1.35. The molecule has 1 aliphatic rings. The molecule has 0 radical (unpaired) electrons. The molecule has 2 atom stereocenters. The number of carbonyl (C=O) groups excluding carboxylic acids is 2. The lowest BCUT2D eigenvalue weighted by Crippen LogP contribution is -2.46. The van der Waals surface area contributed by atoms with Crippen LogP contribution in [0.2, 0.25) is 0 Å². The molecule has 1 aliphatic carbocycles. The molecular formula is C20H30N2O3. The molecule has 1 aromatic carbocycles. The van der Waals surface area contributed by atoms with E-state index < -0.39 is 0 Å². The molecule has 138 valence electrons. The number of rotatable bonds is 5. The highest BCUT2D eigenvalue weighted by Crippen LogP contribution is 2.37. The smallest absolute Gasteiger partial charge is 0.337 e. The molecular weight excluding hydrogens is 316 g/mol. The van der Waals surface area contributed by atoms with Crippen molar-refractivity contribution in [3.63, 3.8) is 0 Å². The fraction of sp³-hybridized carbons (Fsp3) is 0.600. The third-order valence-electron chi connectivity index (χ3n) is 4.99. The van der Waals surface area contributed by atoms with Crippen molar-refractivity contribution < 1.29 is 14.3 Å². The normalized spacial score (nSPS) is 20.8. The number of benzene rings is 1.